The van der Waals surface area contributed by atoms with E-state index in [1.807, 2.05) is 13.8 Å². The lowest BCUT2D eigenvalue weighted by molar-refractivity contribution is -0.143. The molecule has 2 amide bonds. The second-order valence-electron chi connectivity index (χ2n) is 6.97. The molecule has 0 aromatic rings. The molecule has 0 heterocycles. The number of ether oxygens (including phenoxy) is 1. The van der Waals surface area contributed by atoms with Crippen LogP contribution in [-0.4, -0.2) is 52.2 Å². The van der Waals surface area contributed by atoms with E-state index in [9.17, 15) is 19.5 Å². The third kappa shape index (κ3) is 8.96. The van der Waals surface area contributed by atoms with E-state index in [0.717, 1.165) is 0 Å². The molecule has 7 nitrogen and oxygen atoms in total. The largest absolute Gasteiger partial charge is 0.480 e. The second-order valence-corrected chi connectivity index (χ2v) is 6.97. The van der Waals surface area contributed by atoms with Gasteiger partial charge in [-0.1, -0.05) is 13.8 Å². The summed E-state index contributed by atoms with van der Waals surface area (Å²) in [6.07, 6.45) is -0.273. The molecule has 8 heteroatoms. The van der Waals surface area contributed by atoms with E-state index in [-0.39, 0.29) is 24.9 Å². The molecule has 0 aliphatic carbocycles. The Morgan fingerprint density at radius 2 is 1.67 bits per heavy atom. The fourth-order valence-electron chi connectivity index (χ4n) is 2.01. The maximum atomic E-state index is 12.3. The molecule has 2 atom stereocenters. The Morgan fingerprint density at radius 1 is 1.17 bits per heavy atom. The number of aliphatic carboxylic acids is 1. The van der Waals surface area contributed by atoms with Crippen LogP contribution in [0, 0.1) is 5.92 Å². The number of carboxylic acid groups (broad SMARTS) is 1. The highest BCUT2D eigenvalue weighted by molar-refractivity contribution is 5.89. The summed E-state index contributed by atoms with van der Waals surface area (Å²) in [4.78, 5) is 36.9. The zero-order valence-electron chi connectivity index (χ0n) is 15.6. The van der Waals surface area contributed by atoms with Gasteiger partial charge in [-0.15, -0.1) is 12.4 Å². The number of rotatable bonds is 7. The zero-order chi connectivity index (χ0) is 18.4. The number of nitrogens with one attached hydrogen (secondary N) is 1. The van der Waals surface area contributed by atoms with E-state index >= 15 is 0 Å². The molecule has 0 aromatic carbocycles. The number of hydrogen-bond donors (Lipinski definition) is 2. The molecule has 0 fully saturated rings. The maximum absolute atomic E-state index is 12.3. The van der Waals surface area contributed by atoms with Gasteiger partial charge in [-0.25, -0.2) is 9.59 Å². The van der Waals surface area contributed by atoms with Crippen LogP contribution in [0.25, 0.3) is 0 Å². The molecule has 0 aliphatic rings. The topological polar surface area (TPSA) is 95.9 Å². The minimum Gasteiger partial charge on any atom is -0.480 e. The van der Waals surface area contributed by atoms with Gasteiger partial charge in [-0.2, -0.15) is 0 Å². The zero-order valence-corrected chi connectivity index (χ0v) is 16.4. The first-order chi connectivity index (χ1) is 10.4. The number of carbonyl (C=O) groups excluding carboxylic acids is 2. The lowest BCUT2D eigenvalue weighted by Crippen LogP contribution is -2.53. The van der Waals surface area contributed by atoms with E-state index in [1.165, 1.54) is 4.90 Å². The Bertz CT molecular complexity index is 435. The number of carboxylic acids is 1. The van der Waals surface area contributed by atoms with E-state index < -0.39 is 35.7 Å². The molecule has 0 bridgehead atoms. The molecular weight excluding hydrogens is 336 g/mol. The molecular formula is C16H31ClN2O5. The van der Waals surface area contributed by atoms with Crippen LogP contribution in [0.15, 0.2) is 0 Å². The molecule has 0 aliphatic heterocycles. The fraction of sp³-hybridized carbons (Fsp3) is 0.812. The van der Waals surface area contributed by atoms with Gasteiger partial charge in [0, 0.05) is 6.54 Å². The molecule has 0 saturated heterocycles. The second kappa shape index (κ2) is 10.4. The maximum Gasteiger partial charge on any atom is 0.410 e. The quantitative estimate of drug-likeness (QED) is 0.722. The highest BCUT2D eigenvalue weighted by atomic mass is 35.5. The number of carbonyl (C=O) groups is 3. The van der Waals surface area contributed by atoms with E-state index in [0.29, 0.717) is 6.42 Å². The Balaban J connectivity index is 0. The minimum atomic E-state index is -1.08. The van der Waals surface area contributed by atoms with E-state index in [2.05, 4.69) is 5.32 Å². The normalized spacial score (nSPS) is 13.5. The molecule has 24 heavy (non-hydrogen) atoms. The van der Waals surface area contributed by atoms with Crippen LogP contribution in [0.2, 0.25) is 0 Å². The van der Waals surface area contributed by atoms with Crippen molar-refractivity contribution in [3.63, 3.8) is 0 Å². The van der Waals surface area contributed by atoms with Gasteiger partial charge in [0.1, 0.15) is 17.7 Å². The van der Waals surface area contributed by atoms with Gasteiger partial charge in [-0.3, -0.25) is 9.69 Å². The summed E-state index contributed by atoms with van der Waals surface area (Å²) in [5, 5.41) is 11.7. The Kier molecular flexibility index (Phi) is 10.7. The van der Waals surface area contributed by atoms with Crippen LogP contribution < -0.4 is 5.32 Å². The average molecular weight is 367 g/mol. The van der Waals surface area contributed by atoms with E-state index in [4.69, 9.17) is 4.74 Å². The molecule has 2 N–H and O–H groups in total. The number of hydrogen-bond acceptors (Lipinski definition) is 4. The number of nitrogens with zero attached hydrogens (tertiary/aromatic N) is 1. The molecule has 0 saturated carbocycles. The van der Waals surface area contributed by atoms with Crippen LogP contribution in [0.4, 0.5) is 4.79 Å². The van der Waals surface area contributed by atoms with Gasteiger partial charge in [0.25, 0.3) is 0 Å². The van der Waals surface area contributed by atoms with Gasteiger partial charge >= 0.3 is 12.1 Å². The molecule has 142 valence electrons. The third-order valence-electron chi connectivity index (χ3n) is 3.14. The highest BCUT2D eigenvalue weighted by Crippen LogP contribution is 2.12. The van der Waals surface area contributed by atoms with Crippen molar-refractivity contribution in [1.29, 1.82) is 0 Å². The minimum absolute atomic E-state index is 0. The van der Waals surface area contributed by atoms with Crippen molar-refractivity contribution in [2.24, 2.45) is 5.92 Å². The van der Waals surface area contributed by atoms with Crippen molar-refractivity contribution in [2.45, 2.75) is 72.6 Å². The van der Waals surface area contributed by atoms with Crippen LogP contribution in [0.1, 0.15) is 54.9 Å². The summed E-state index contributed by atoms with van der Waals surface area (Å²) in [5.41, 5.74) is -0.665. The third-order valence-corrected chi connectivity index (χ3v) is 3.14. The van der Waals surface area contributed by atoms with Gasteiger partial charge in [0.2, 0.25) is 5.91 Å². The van der Waals surface area contributed by atoms with Crippen molar-refractivity contribution < 1.29 is 24.2 Å². The van der Waals surface area contributed by atoms with Crippen LogP contribution in [-0.2, 0) is 14.3 Å². The van der Waals surface area contributed by atoms with Crippen LogP contribution in [0.5, 0.6) is 0 Å². The van der Waals surface area contributed by atoms with Crippen molar-refractivity contribution >= 4 is 30.4 Å². The van der Waals surface area contributed by atoms with Crippen molar-refractivity contribution in [3.05, 3.63) is 0 Å². The summed E-state index contributed by atoms with van der Waals surface area (Å²) in [6, 6.07) is -1.79. The van der Waals surface area contributed by atoms with Crippen LogP contribution >= 0.6 is 12.4 Å². The van der Waals surface area contributed by atoms with Gasteiger partial charge < -0.3 is 15.2 Å². The Labute approximate surface area is 150 Å². The predicted octanol–water partition coefficient (Wildman–Crippen LogP) is 2.67. The average Bonchev–Trinajstić information content (AvgIpc) is 2.35. The van der Waals surface area contributed by atoms with Gasteiger partial charge in [0.05, 0.1) is 0 Å². The summed E-state index contributed by atoms with van der Waals surface area (Å²) in [6.45, 7) is 12.6. The standard InChI is InChI=1S/C16H30N2O5.ClH/c1-8-18(15(22)23-16(5,6)7)11(4)13(19)17-12(14(20)21)9-10(2)3;/h10-12H,8-9H2,1-7H3,(H,17,19)(H,20,21);1H/t11-,12-;/m0./s1. The first-order valence-electron chi connectivity index (χ1n) is 7.91. The highest BCUT2D eigenvalue weighted by Gasteiger charge is 2.31. The van der Waals surface area contributed by atoms with E-state index in [1.54, 1.807) is 34.6 Å². The van der Waals surface area contributed by atoms with Gasteiger partial charge in [-0.05, 0) is 47.0 Å². The molecule has 0 rings (SSSR count). The van der Waals surface area contributed by atoms with Crippen molar-refractivity contribution in [2.75, 3.05) is 6.54 Å². The SMILES string of the molecule is CCN(C(=O)OC(C)(C)C)[C@@H](C)C(=O)N[C@@H](CC(C)C)C(=O)O.Cl. The summed E-state index contributed by atoms with van der Waals surface area (Å²) >= 11 is 0. The molecule has 0 radical (unpaired) electrons. The summed E-state index contributed by atoms with van der Waals surface area (Å²) in [7, 11) is 0. The van der Waals surface area contributed by atoms with Gasteiger partial charge in [0.15, 0.2) is 0 Å². The first kappa shape index (κ1) is 24.7. The smallest absolute Gasteiger partial charge is 0.410 e. The summed E-state index contributed by atoms with van der Waals surface area (Å²) < 4.78 is 5.27. The number of amides is 2. The molecule has 0 unspecified atom stereocenters. The number of likely N-dealkylation sites (N-methyl/N-ethyl adjacent to an activating group) is 1. The monoisotopic (exact) mass is 366 g/mol. The Hall–Kier alpha value is -1.50. The first-order valence-corrected chi connectivity index (χ1v) is 7.91. The van der Waals surface area contributed by atoms with Crippen LogP contribution in [0.3, 0.4) is 0 Å². The van der Waals surface area contributed by atoms with Crippen molar-refractivity contribution in [1.82, 2.24) is 10.2 Å². The lowest BCUT2D eigenvalue weighted by atomic mass is 10.0. The van der Waals surface area contributed by atoms with Crippen molar-refractivity contribution in [3.8, 4) is 0 Å². The number of halogens is 1. The fourth-order valence-corrected chi connectivity index (χ4v) is 2.01. The lowest BCUT2D eigenvalue weighted by Gasteiger charge is -2.31. The molecule has 0 aromatic heterocycles. The summed E-state index contributed by atoms with van der Waals surface area (Å²) in [5.74, 6) is -1.47. The predicted molar refractivity (Wildman–Crippen MR) is 94.3 cm³/mol. The molecule has 0 spiro atoms. The Morgan fingerprint density at radius 3 is 2.00 bits per heavy atom.